The van der Waals surface area contributed by atoms with Crippen LogP contribution in [0, 0.1) is 5.92 Å². The molecule has 1 N–H and O–H groups in total. The lowest BCUT2D eigenvalue weighted by molar-refractivity contribution is -0.111. The Morgan fingerprint density at radius 1 is 1.27 bits per heavy atom. The van der Waals surface area contributed by atoms with Crippen LogP contribution in [0.25, 0.3) is 5.57 Å². The van der Waals surface area contributed by atoms with E-state index in [4.69, 9.17) is 4.74 Å². The van der Waals surface area contributed by atoms with E-state index in [1.165, 1.54) is 11.3 Å². The molecular formula is C17H18N2O2S. The zero-order valence-corrected chi connectivity index (χ0v) is 13.0. The SMILES string of the molecule is O=C(Nc1nccs1)/C(=C/C1CCOCC1)c1ccccc1. The first kappa shape index (κ1) is 14.9. The van der Waals surface area contributed by atoms with Gasteiger partial charge in [-0.3, -0.25) is 10.1 Å². The number of hydrogen-bond donors (Lipinski definition) is 1. The molecule has 2 aromatic rings. The van der Waals surface area contributed by atoms with Crippen molar-refractivity contribution in [3.05, 3.63) is 53.5 Å². The maximum Gasteiger partial charge on any atom is 0.257 e. The molecule has 22 heavy (non-hydrogen) atoms. The van der Waals surface area contributed by atoms with Gasteiger partial charge in [0.2, 0.25) is 0 Å². The van der Waals surface area contributed by atoms with Gasteiger partial charge in [0.1, 0.15) is 0 Å². The lowest BCUT2D eigenvalue weighted by Gasteiger charge is -2.20. The van der Waals surface area contributed by atoms with Gasteiger partial charge >= 0.3 is 0 Å². The van der Waals surface area contributed by atoms with Gasteiger partial charge in [0.15, 0.2) is 5.13 Å². The molecule has 1 amide bonds. The molecule has 0 radical (unpaired) electrons. The molecule has 0 spiro atoms. The van der Waals surface area contributed by atoms with Crippen LogP contribution in [0.15, 0.2) is 48.0 Å². The highest BCUT2D eigenvalue weighted by Gasteiger charge is 2.18. The molecule has 0 aliphatic carbocycles. The Balaban J connectivity index is 1.85. The predicted molar refractivity (Wildman–Crippen MR) is 88.7 cm³/mol. The average Bonchev–Trinajstić information content (AvgIpc) is 3.07. The first-order valence-corrected chi connectivity index (χ1v) is 8.27. The molecule has 1 saturated heterocycles. The van der Waals surface area contributed by atoms with E-state index >= 15 is 0 Å². The minimum atomic E-state index is -0.104. The maximum atomic E-state index is 12.6. The molecule has 4 nitrogen and oxygen atoms in total. The number of allylic oxidation sites excluding steroid dienone is 1. The highest BCUT2D eigenvalue weighted by Crippen LogP contribution is 2.24. The van der Waals surface area contributed by atoms with Crippen LogP contribution in [0.2, 0.25) is 0 Å². The Hall–Kier alpha value is -1.98. The number of hydrogen-bond acceptors (Lipinski definition) is 4. The number of carbonyl (C=O) groups is 1. The molecular weight excluding hydrogens is 296 g/mol. The fraction of sp³-hybridized carbons (Fsp3) is 0.294. The largest absolute Gasteiger partial charge is 0.381 e. The van der Waals surface area contributed by atoms with Crippen LogP contribution in [0.4, 0.5) is 5.13 Å². The van der Waals surface area contributed by atoms with Crippen molar-refractivity contribution in [3.63, 3.8) is 0 Å². The third kappa shape index (κ3) is 3.81. The summed E-state index contributed by atoms with van der Waals surface area (Å²) in [6.07, 6.45) is 5.69. The monoisotopic (exact) mass is 314 g/mol. The van der Waals surface area contributed by atoms with Gasteiger partial charge in [-0.15, -0.1) is 11.3 Å². The van der Waals surface area contributed by atoms with Crippen molar-refractivity contribution in [3.8, 4) is 0 Å². The maximum absolute atomic E-state index is 12.6. The summed E-state index contributed by atoms with van der Waals surface area (Å²) in [6.45, 7) is 1.52. The molecule has 0 saturated carbocycles. The Labute approximate surface area is 133 Å². The summed E-state index contributed by atoms with van der Waals surface area (Å²) >= 11 is 1.42. The van der Waals surface area contributed by atoms with E-state index in [9.17, 15) is 4.79 Å². The van der Waals surface area contributed by atoms with Crippen molar-refractivity contribution in [1.82, 2.24) is 4.98 Å². The van der Waals surface area contributed by atoms with Crippen LogP contribution < -0.4 is 5.32 Å². The fourth-order valence-electron chi connectivity index (χ4n) is 2.49. The molecule has 1 aromatic carbocycles. The zero-order chi connectivity index (χ0) is 15.2. The van der Waals surface area contributed by atoms with Crippen molar-refractivity contribution in [2.45, 2.75) is 12.8 Å². The molecule has 3 rings (SSSR count). The summed E-state index contributed by atoms with van der Waals surface area (Å²) in [5.41, 5.74) is 1.64. The molecule has 1 aliphatic heterocycles. The van der Waals surface area contributed by atoms with Crippen molar-refractivity contribution >= 4 is 27.9 Å². The summed E-state index contributed by atoms with van der Waals surface area (Å²) in [5.74, 6) is 0.277. The predicted octanol–water partition coefficient (Wildman–Crippen LogP) is 3.59. The second kappa shape index (κ2) is 7.33. The van der Waals surface area contributed by atoms with Crippen LogP contribution in [-0.4, -0.2) is 24.1 Å². The van der Waals surface area contributed by atoms with E-state index in [0.29, 0.717) is 16.6 Å². The molecule has 1 aromatic heterocycles. The lowest BCUT2D eigenvalue weighted by Crippen LogP contribution is -2.18. The number of ether oxygens (including phenoxy) is 1. The molecule has 1 aliphatic rings. The van der Waals surface area contributed by atoms with Crippen LogP contribution >= 0.6 is 11.3 Å². The van der Waals surface area contributed by atoms with Crippen LogP contribution in [0.3, 0.4) is 0 Å². The summed E-state index contributed by atoms with van der Waals surface area (Å²) in [7, 11) is 0. The molecule has 5 heteroatoms. The second-order valence-electron chi connectivity index (χ2n) is 5.19. The Kier molecular flexibility index (Phi) is 4.98. The lowest BCUT2D eigenvalue weighted by atomic mass is 9.94. The summed E-state index contributed by atoms with van der Waals surface area (Å²) in [5, 5.41) is 5.35. The van der Waals surface area contributed by atoms with Crippen molar-refractivity contribution < 1.29 is 9.53 Å². The standard InChI is InChI=1S/C17H18N2O2S/c20-16(19-17-18-8-11-22-17)15(14-4-2-1-3-5-14)12-13-6-9-21-10-7-13/h1-5,8,11-13H,6-7,9-10H2,(H,18,19,20)/b15-12+. The number of carbonyl (C=O) groups excluding carboxylic acids is 1. The highest BCUT2D eigenvalue weighted by atomic mass is 32.1. The molecule has 114 valence electrons. The Morgan fingerprint density at radius 3 is 2.73 bits per heavy atom. The van der Waals surface area contributed by atoms with Gasteiger partial charge in [-0.25, -0.2) is 4.98 Å². The molecule has 2 heterocycles. The quantitative estimate of drug-likeness (QED) is 0.877. The van der Waals surface area contributed by atoms with E-state index < -0.39 is 0 Å². The van der Waals surface area contributed by atoms with Crippen LogP contribution in [0.1, 0.15) is 18.4 Å². The molecule has 0 unspecified atom stereocenters. The van der Waals surface area contributed by atoms with Gasteiger partial charge in [0.05, 0.1) is 0 Å². The van der Waals surface area contributed by atoms with Crippen LogP contribution in [-0.2, 0) is 9.53 Å². The highest BCUT2D eigenvalue weighted by molar-refractivity contribution is 7.13. The molecule has 1 fully saturated rings. The number of rotatable bonds is 4. The van der Waals surface area contributed by atoms with Crippen molar-refractivity contribution in [1.29, 1.82) is 0 Å². The Bertz CT molecular complexity index is 632. The summed E-state index contributed by atoms with van der Waals surface area (Å²) in [4.78, 5) is 16.8. The van der Waals surface area contributed by atoms with E-state index in [-0.39, 0.29) is 5.91 Å². The number of thiazole rings is 1. The van der Waals surface area contributed by atoms with Crippen molar-refractivity contribution in [2.24, 2.45) is 5.92 Å². The van der Waals surface area contributed by atoms with E-state index in [1.807, 2.05) is 35.7 Å². The third-order valence-electron chi connectivity index (χ3n) is 3.65. The second-order valence-corrected chi connectivity index (χ2v) is 6.08. The minimum absolute atomic E-state index is 0.104. The van der Waals surface area contributed by atoms with Crippen molar-refractivity contribution in [2.75, 3.05) is 18.5 Å². The smallest absolute Gasteiger partial charge is 0.257 e. The normalized spacial score (nSPS) is 16.5. The van der Waals surface area contributed by atoms with Gasteiger partial charge in [0, 0.05) is 30.4 Å². The first-order valence-electron chi connectivity index (χ1n) is 7.39. The third-order valence-corrected chi connectivity index (χ3v) is 4.34. The minimum Gasteiger partial charge on any atom is -0.381 e. The van der Waals surface area contributed by atoms with E-state index in [2.05, 4.69) is 16.4 Å². The van der Waals surface area contributed by atoms with Crippen LogP contribution in [0.5, 0.6) is 0 Å². The van der Waals surface area contributed by atoms with Gasteiger partial charge in [-0.05, 0) is 24.3 Å². The number of anilines is 1. The number of amides is 1. The zero-order valence-electron chi connectivity index (χ0n) is 12.2. The summed E-state index contributed by atoms with van der Waals surface area (Å²) in [6, 6.07) is 9.78. The number of aromatic nitrogens is 1. The molecule has 0 bridgehead atoms. The van der Waals surface area contributed by atoms with Gasteiger partial charge in [0.25, 0.3) is 5.91 Å². The van der Waals surface area contributed by atoms with Gasteiger partial charge in [-0.2, -0.15) is 0 Å². The first-order chi connectivity index (χ1) is 10.8. The fourth-order valence-corrected chi connectivity index (χ4v) is 3.01. The number of nitrogens with one attached hydrogen (secondary N) is 1. The average molecular weight is 314 g/mol. The number of benzene rings is 1. The van der Waals surface area contributed by atoms with E-state index in [1.54, 1.807) is 6.20 Å². The number of nitrogens with zero attached hydrogens (tertiary/aromatic N) is 1. The van der Waals surface area contributed by atoms with Gasteiger partial charge < -0.3 is 4.74 Å². The van der Waals surface area contributed by atoms with Gasteiger partial charge in [-0.1, -0.05) is 36.4 Å². The topological polar surface area (TPSA) is 51.2 Å². The van der Waals surface area contributed by atoms with E-state index in [0.717, 1.165) is 31.6 Å². The Morgan fingerprint density at radius 2 is 2.05 bits per heavy atom. The summed E-state index contributed by atoms with van der Waals surface area (Å²) < 4.78 is 5.39. The molecule has 0 atom stereocenters.